The van der Waals surface area contributed by atoms with Gasteiger partial charge in [0, 0.05) is 49.5 Å². The van der Waals surface area contributed by atoms with Crippen molar-refractivity contribution in [2.45, 2.75) is 38.9 Å². The van der Waals surface area contributed by atoms with Crippen LogP contribution < -0.4 is 15.5 Å². The molecule has 8 heteroatoms. The van der Waals surface area contributed by atoms with Gasteiger partial charge in [-0.15, -0.1) is 0 Å². The Morgan fingerprint density at radius 2 is 2.09 bits per heavy atom. The molecular weight excluding hydrogens is 434 g/mol. The molecule has 0 spiro atoms. The summed E-state index contributed by atoms with van der Waals surface area (Å²) in [5, 5.41) is 7.10. The monoisotopic (exact) mass is 463 g/mol. The Morgan fingerprint density at radius 3 is 2.79 bits per heavy atom. The van der Waals surface area contributed by atoms with E-state index >= 15 is 0 Å². The molecule has 2 N–H and O–H groups in total. The molecule has 1 aliphatic rings. The fourth-order valence-electron chi connectivity index (χ4n) is 4.20. The number of aryl methyl sites for hydroxylation is 1. The number of amides is 1. The lowest BCUT2D eigenvalue weighted by Gasteiger charge is -2.29. The Morgan fingerprint density at radius 1 is 1.24 bits per heavy atom. The highest BCUT2D eigenvalue weighted by atomic mass is 32.1. The van der Waals surface area contributed by atoms with Crippen LogP contribution in [0, 0.1) is 6.92 Å². The van der Waals surface area contributed by atoms with E-state index in [-0.39, 0.29) is 18.0 Å². The van der Waals surface area contributed by atoms with Gasteiger partial charge in [-0.2, -0.15) is 0 Å². The first kappa shape index (κ1) is 22.9. The Balaban J connectivity index is 1.76. The van der Waals surface area contributed by atoms with Gasteiger partial charge in [0.15, 0.2) is 5.11 Å². The molecule has 1 aliphatic heterocycles. The zero-order valence-corrected chi connectivity index (χ0v) is 19.9. The van der Waals surface area contributed by atoms with Crippen LogP contribution in [0.3, 0.4) is 0 Å². The molecule has 7 nitrogen and oxygen atoms in total. The number of nitrogens with zero attached hydrogens (tertiary/aromatic N) is 3. The van der Waals surface area contributed by atoms with Gasteiger partial charge in [0.25, 0.3) is 0 Å². The molecule has 1 fully saturated rings. The van der Waals surface area contributed by atoms with Crippen LogP contribution in [0.15, 0.2) is 60.9 Å². The van der Waals surface area contributed by atoms with Crippen LogP contribution in [0.5, 0.6) is 0 Å². The van der Waals surface area contributed by atoms with E-state index in [0.29, 0.717) is 18.1 Å². The van der Waals surface area contributed by atoms with E-state index in [4.69, 9.17) is 17.0 Å². The van der Waals surface area contributed by atoms with Crippen molar-refractivity contribution >= 4 is 34.6 Å². The van der Waals surface area contributed by atoms with E-state index in [0.717, 1.165) is 34.9 Å². The molecule has 2 atom stereocenters. The summed E-state index contributed by atoms with van der Waals surface area (Å²) in [6.07, 6.45) is 4.31. The predicted octanol–water partition coefficient (Wildman–Crippen LogP) is 4.36. The molecule has 2 aromatic heterocycles. The lowest BCUT2D eigenvalue weighted by atomic mass is 10.0. The Labute approximate surface area is 199 Å². The first-order valence-corrected chi connectivity index (χ1v) is 11.5. The van der Waals surface area contributed by atoms with E-state index in [1.165, 1.54) is 0 Å². The summed E-state index contributed by atoms with van der Waals surface area (Å²) < 4.78 is 7.53. The lowest BCUT2D eigenvalue weighted by Crippen LogP contribution is -2.30. The lowest BCUT2D eigenvalue weighted by molar-refractivity contribution is -0.115. The molecule has 3 aromatic rings. The maximum absolute atomic E-state index is 11.9. The van der Waals surface area contributed by atoms with Gasteiger partial charge in [-0.05, 0) is 67.2 Å². The van der Waals surface area contributed by atoms with Crippen molar-refractivity contribution in [2.75, 3.05) is 23.9 Å². The largest absolute Gasteiger partial charge is 0.383 e. The molecule has 0 unspecified atom stereocenters. The SMILES string of the molecule is CCC(=O)Nc1ccc(N2C(=S)N[C@H](c3ccccn3)[C@H]2c2cccn2CCOC)cc1C. The first-order chi connectivity index (χ1) is 16.0. The van der Waals surface area contributed by atoms with Gasteiger partial charge in [0.05, 0.1) is 18.3 Å². The predicted molar refractivity (Wildman–Crippen MR) is 134 cm³/mol. The van der Waals surface area contributed by atoms with Crippen molar-refractivity contribution in [3.05, 3.63) is 77.9 Å². The number of anilines is 2. The number of aromatic nitrogens is 2. The molecule has 0 aliphatic carbocycles. The summed E-state index contributed by atoms with van der Waals surface area (Å²) >= 11 is 5.83. The maximum Gasteiger partial charge on any atom is 0.224 e. The minimum absolute atomic E-state index is 0.00623. The minimum atomic E-state index is -0.116. The summed E-state index contributed by atoms with van der Waals surface area (Å²) in [5.41, 5.74) is 4.80. The van der Waals surface area contributed by atoms with Crippen molar-refractivity contribution in [1.29, 1.82) is 0 Å². The molecular formula is C25H29N5O2S. The standard InChI is InChI=1S/C25H29N5O2S/c1-4-22(31)27-19-11-10-18(16-17(19)2)30-24(21-9-7-13-29(21)14-15-32-3)23(28-25(30)33)20-8-5-6-12-26-20/h5-13,16,23-24H,4,14-15H2,1-3H3,(H,27,31)(H,28,33)/t23-,24-/m1/s1. The van der Waals surface area contributed by atoms with Crippen LogP contribution in [-0.4, -0.2) is 34.3 Å². The number of rotatable bonds is 8. The number of carbonyl (C=O) groups is 1. The highest BCUT2D eigenvalue weighted by Crippen LogP contribution is 2.42. The number of pyridine rings is 1. The van der Waals surface area contributed by atoms with E-state index in [1.54, 1.807) is 13.3 Å². The number of nitrogens with one attached hydrogen (secondary N) is 2. The second-order valence-corrected chi connectivity index (χ2v) is 8.40. The summed E-state index contributed by atoms with van der Waals surface area (Å²) in [6.45, 7) is 5.19. The number of ether oxygens (including phenoxy) is 1. The van der Waals surface area contributed by atoms with Crippen LogP contribution in [-0.2, 0) is 16.1 Å². The van der Waals surface area contributed by atoms with Gasteiger partial charge in [-0.25, -0.2) is 0 Å². The number of hydrogen-bond acceptors (Lipinski definition) is 4. The van der Waals surface area contributed by atoms with Gasteiger partial charge < -0.3 is 24.8 Å². The van der Waals surface area contributed by atoms with Crippen molar-refractivity contribution in [2.24, 2.45) is 0 Å². The van der Waals surface area contributed by atoms with Crippen LogP contribution >= 0.6 is 12.2 Å². The van der Waals surface area contributed by atoms with E-state index in [1.807, 2.05) is 44.2 Å². The first-order valence-electron chi connectivity index (χ1n) is 11.1. The van der Waals surface area contributed by atoms with Gasteiger partial charge in [-0.1, -0.05) is 13.0 Å². The number of methoxy groups -OCH3 is 1. The third-order valence-electron chi connectivity index (χ3n) is 5.89. The Hall–Kier alpha value is -3.23. The Bertz CT molecular complexity index is 1130. The maximum atomic E-state index is 11.9. The molecule has 0 radical (unpaired) electrons. The number of thiocarbonyl (C=S) groups is 1. The quantitative estimate of drug-likeness (QED) is 0.484. The number of hydrogen-bond donors (Lipinski definition) is 2. The van der Waals surface area contributed by atoms with Gasteiger partial charge in [0.2, 0.25) is 5.91 Å². The topological polar surface area (TPSA) is 71.4 Å². The second kappa shape index (κ2) is 10.1. The van der Waals surface area contributed by atoms with Crippen molar-refractivity contribution in [1.82, 2.24) is 14.9 Å². The third-order valence-corrected chi connectivity index (χ3v) is 6.20. The molecule has 3 heterocycles. The highest BCUT2D eigenvalue weighted by molar-refractivity contribution is 7.80. The fraction of sp³-hybridized carbons (Fsp3) is 0.320. The summed E-state index contributed by atoms with van der Waals surface area (Å²) in [6, 6.07) is 15.9. The van der Waals surface area contributed by atoms with E-state index in [9.17, 15) is 4.79 Å². The number of carbonyl (C=O) groups excluding carboxylic acids is 1. The molecule has 33 heavy (non-hydrogen) atoms. The van der Waals surface area contributed by atoms with E-state index < -0.39 is 0 Å². The van der Waals surface area contributed by atoms with Crippen molar-refractivity contribution in [3.63, 3.8) is 0 Å². The molecule has 172 valence electrons. The van der Waals surface area contributed by atoms with Crippen LogP contribution in [0.25, 0.3) is 0 Å². The van der Waals surface area contributed by atoms with Crippen molar-refractivity contribution < 1.29 is 9.53 Å². The van der Waals surface area contributed by atoms with Crippen molar-refractivity contribution in [3.8, 4) is 0 Å². The van der Waals surface area contributed by atoms with E-state index in [2.05, 4.69) is 49.5 Å². The average Bonchev–Trinajstić information content (AvgIpc) is 3.43. The van der Waals surface area contributed by atoms with Gasteiger partial charge >= 0.3 is 0 Å². The molecule has 1 aromatic carbocycles. The summed E-state index contributed by atoms with van der Waals surface area (Å²) in [5.74, 6) is -0.00623. The summed E-state index contributed by atoms with van der Waals surface area (Å²) in [7, 11) is 1.71. The average molecular weight is 464 g/mol. The normalized spacial score (nSPS) is 17.8. The Kier molecular flexibility index (Phi) is 7.05. The fourth-order valence-corrected chi connectivity index (χ4v) is 4.54. The van der Waals surface area contributed by atoms with Gasteiger partial charge in [0.1, 0.15) is 6.04 Å². The highest BCUT2D eigenvalue weighted by Gasteiger charge is 2.42. The molecule has 0 bridgehead atoms. The molecule has 0 saturated carbocycles. The molecule has 1 saturated heterocycles. The summed E-state index contributed by atoms with van der Waals surface area (Å²) in [4.78, 5) is 18.6. The van der Waals surface area contributed by atoms with Crippen LogP contribution in [0.1, 0.15) is 42.4 Å². The molecule has 4 rings (SSSR count). The van der Waals surface area contributed by atoms with Crippen LogP contribution in [0.4, 0.5) is 11.4 Å². The van der Waals surface area contributed by atoms with Crippen LogP contribution in [0.2, 0.25) is 0 Å². The second-order valence-electron chi connectivity index (χ2n) is 8.02. The van der Waals surface area contributed by atoms with Gasteiger partial charge in [-0.3, -0.25) is 9.78 Å². The number of benzene rings is 1. The minimum Gasteiger partial charge on any atom is -0.383 e. The zero-order chi connectivity index (χ0) is 23.4. The zero-order valence-electron chi connectivity index (χ0n) is 19.1. The smallest absolute Gasteiger partial charge is 0.224 e. The third kappa shape index (κ3) is 4.77. The molecule has 1 amide bonds.